The number of carbonyl (C=O) groups is 1. The van der Waals surface area contributed by atoms with E-state index in [1.165, 1.54) is 0 Å². The highest BCUT2D eigenvalue weighted by atomic mass is 16.1. The van der Waals surface area contributed by atoms with Gasteiger partial charge in [-0.05, 0) is 36.8 Å². The first-order valence-corrected chi connectivity index (χ1v) is 7.42. The molecule has 6 nitrogen and oxygen atoms in total. The number of carbonyl (C=O) groups excluding carboxylic acids is 1. The summed E-state index contributed by atoms with van der Waals surface area (Å²) in [7, 11) is 0. The van der Waals surface area contributed by atoms with Crippen molar-refractivity contribution >= 4 is 5.91 Å². The Hall–Kier alpha value is -3.46. The van der Waals surface area contributed by atoms with Crippen LogP contribution in [0.5, 0.6) is 0 Å². The Bertz CT molecular complexity index is 879. The third kappa shape index (κ3) is 3.31. The predicted octanol–water partition coefficient (Wildman–Crippen LogP) is 2.63. The van der Waals surface area contributed by atoms with Gasteiger partial charge in [-0.25, -0.2) is 9.97 Å². The molecule has 0 bridgehead atoms. The van der Waals surface area contributed by atoms with E-state index in [-0.39, 0.29) is 11.9 Å². The van der Waals surface area contributed by atoms with Crippen molar-refractivity contribution in [1.82, 2.24) is 19.9 Å². The quantitative estimate of drug-likeness (QED) is 0.801. The SMILES string of the molecule is C[C@H](NC(=O)c1ccnc(-n2ccnc2)c1)c1ccc(C#N)cc1. The number of pyridine rings is 1. The summed E-state index contributed by atoms with van der Waals surface area (Å²) in [5, 5.41) is 11.8. The van der Waals surface area contributed by atoms with Crippen LogP contribution in [0, 0.1) is 11.3 Å². The summed E-state index contributed by atoms with van der Waals surface area (Å²) in [4.78, 5) is 20.7. The lowest BCUT2D eigenvalue weighted by molar-refractivity contribution is 0.0939. The second-order valence-electron chi connectivity index (χ2n) is 5.30. The number of imidazole rings is 1. The van der Waals surface area contributed by atoms with E-state index in [1.54, 1.807) is 53.8 Å². The molecule has 0 aliphatic heterocycles. The molecule has 0 saturated carbocycles. The Morgan fingerprint density at radius 2 is 2.04 bits per heavy atom. The van der Waals surface area contributed by atoms with Gasteiger partial charge in [0.25, 0.3) is 5.91 Å². The first-order chi connectivity index (χ1) is 11.7. The molecule has 2 heterocycles. The fourth-order valence-electron chi connectivity index (χ4n) is 2.31. The first kappa shape index (κ1) is 15.4. The summed E-state index contributed by atoms with van der Waals surface area (Å²) in [6, 6.07) is 12.4. The topological polar surface area (TPSA) is 83.6 Å². The molecule has 0 saturated heterocycles. The lowest BCUT2D eigenvalue weighted by atomic mass is 10.1. The van der Waals surface area contributed by atoms with Gasteiger partial charge in [-0.15, -0.1) is 0 Å². The fourth-order valence-corrected chi connectivity index (χ4v) is 2.31. The zero-order chi connectivity index (χ0) is 16.9. The standard InChI is InChI=1S/C18H15N5O/c1-13(15-4-2-14(11-19)3-5-15)22-18(24)16-6-7-21-17(10-16)23-9-8-20-12-23/h2-10,12-13H,1H3,(H,22,24)/t13-/m0/s1. The van der Waals surface area contributed by atoms with Crippen molar-refractivity contribution in [2.24, 2.45) is 0 Å². The number of nitrogens with one attached hydrogen (secondary N) is 1. The molecule has 1 N–H and O–H groups in total. The Morgan fingerprint density at radius 1 is 1.25 bits per heavy atom. The number of benzene rings is 1. The van der Waals surface area contributed by atoms with E-state index in [2.05, 4.69) is 21.4 Å². The summed E-state index contributed by atoms with van der Waals surface area (Å²) in [6.07, 6.45) is 6.64. The van der Waals surface area contributed by atoms with Crippen molar-refractivity contribution in [2.75, 3.05) is 0 Å². The van der Waals surface area contributed by atoms with Crippen LogP contribution in [0.25, 0.3) is 5.82 Å². The predicted molar refractivity (Wildman–Crippen MR) is 88.4 cm³/mol. The molecule has 1 aromatic carbocycles. The summed E-state index contributed by atoms with van der Waals surface area (Å²) in [5.41, 5.74) is 2.05. The zero-order valence-electron chi connectivity index (χ0n) is 13.0. The normalized spacial score (nSPS) is 11.5. The average molecular weight is 317 g/mol. The van der Waals surface area contributed by atoms with E-state index in [0.717, 1.165) is 5.56 Å². The van der Waals surface area contributed by atoms with Crippen molar-refractivity contribution in [1.29, 1.82) is 5.26 Å². The third-order valence-electron chi connectivity index (χ3n) is 3.66. The van der Waals surface area contributed by atoms with Crippen LogP contribution in [-0.4, -0.2) is 20.4 Å². The van der Waals surface area contributed by atoms with Gasteiger partial charge in [0.05, 0.1) is 17.7 Å². The number of aromatic nitrogens is 3. The number of nitrogens with zero attached hydrogens (tertiary/aromatic N) is 4. The summed E-state index contributed by atoms with van der Waals surface area (Å²) in [5.74, 6) is 0.446. The molecule has 0 fully saturated rings. The molecule has 3 aromatic rings. The van der Waals surface area contributed by atoms with Crippen LogP contribution in [0.1, 0.15) is 34.5 Å². The summed E-state index contributed by atoms with van der Waals surface area (Å²) >= 11 is 0. The van der Waals surface area contributed by atoms with Crippen LogP contribution < -0.4 is 5.32 Å². The minimum Gasteiger partial charge on any atom is -0.346 e. The maximum atomic E-state index is 12.5. The van der Waals surface area contributed by atoms with Gasteiger partial charge in [-0.2, -0.15) is 5.26 Å². The average Bonchev–Trinajstić information content (AvgIpc) is 3.16. The molecule has 6 heteroatoms. The summed E-state index contributed by atoms with van der Waals surface area (Å²) < 4.78 is 1.74. The molecular weight excluding hydrogens is 302 g/mol. The second kappa shape index (κ2) is 6.75. The van der Waals surface area contributed by atoms with E-state index >= 15 is 0 Å². The number of hydrogen-bond acceptors (Lipinski definition) is 4. The molecular formula is C18H15N5O. The highest BCUT2D eigenvalue weighted by Crippen LogP contribution is 2.14. The molecule has 2 aromatic heterocycles. The van der Waals surface area contributed by atoms with Crippen molar-refractivity contribution < 1.29 is 4.79 Å². The number of rotatable bonds is 4. The van der Waals surface area contributed by atoms with Gasteiger partial charge in [0.1, 0.15) is 12.1 Å². The molecule has 0 radical (unpaired) electrons. The first-order valence-electron chi connectivity index (χ1n) is 7.42. The number of nitriles is 1. The van der Waals surface area contributed by atoms with Crippen LogP contribution in [0.4, 0.5) is 0 Å². The largest absolute Gasteiger partial charge is 0.346 e. The number of amides is 1. The highest BCUT2D eigenvalue weighted by molar-refractivity contribution is 5.94. The molecule has 0 spiro atoms. The van der Waals surface area contributed by atoms with E-state index in [4.69, 9.17) is 5.26 Å². The van der Waals surface area contributed by atoms with Crippen molar-refractivity contribution in [2.45, 2.75) is 13.0 Å². The molecule has 3 rings (SSSR count). The van der Waals surface area contributed by atoms with Crippen LogP contribution in [0.3, 0.4) is 0 Å². The van der Waals surface area contributed by atoms with E-state index < -0.39 is 0 Å². The molecule has 0 unspecified atom stereocenters. The monoisotopic (exact) mass is 317 g/mol. The maximum Gasteiger partial charge on any atom is 0.251 e. The van der Waals surface area contributed by atoms with Crippen LogP contribution in [0.2, 0.25) is 0 Å². The lowest BCUT2D eigenvalue weighted by Crippen LogP contribution is -2.26. The highest BCUT2D eigenvalue weighted by Gasteiger charge is 2.12. The van der Waals surface area contributed by atoms with Gasteiger partial charge in [0.2, 0.25) is 0 Å². The van der Waals surface area contributed by atoms with Gasteiger partial charge >= 0.3 is 0 Å². The Balaban J connectivity index is 1.74. The minimum atomic E-state index is -0.185. The molecule has 24 heavy (non-hydrogen) atoms. The van der Waals surface area contributed by atoms with Crippen molar-refractivity contribution in [3.05, 3.63) is 78.0 Å². The minimum absolute atomic E-state index is 0.171. The van der Waals surface area contributed by atoms with E-state index in [0.29, 0.717) is 16.9 Å². The van der Waals surface area contributed by atoms with Gasteiger partial charge < -0.3 is 5.32 Å². The van der Waals surface area contributed by atoms with Gasteiger partial charge in [0, 0.05) is 24.2 Å². The maximum absolute atomic E-state index is 12.5. The van der Waals surface area contributed by atoms with E-state index in [1.807, 2.05) is 19.1 Å². The molecule has 0 aliphatic carbocycles. The molecule has 0 aliphatic rings. The zero-order valence-corrected chi connectivity index (χ0v) is 13.0. The molecule has 1 amide bonds. The number of hydrogen-bond donors (Lipinski definition) is 1. The third-order valence-corrected chi connectivity index (χ3v) is 3.66. The van der Waals surface area contributed by atoms with Crippen LogP contribution in [0.15, 0.2) is 61.3 Å². The van der Waals surface area contributed by atoms with Crippen LogP contribution in [-0.2, 0) is 0 Å². The Labute approximate surface area is 139 Å². The Kier molecular flexibility index (Phi) is 4.34. The Morgan fingerprint density at radius 3 is 2.71 bits per heavy atom. The van der Waals surface area contributed by atoms with E-state index in [9.17, 15) is 4.79 Å². The van der Waals surface area contributed by atoms with Gasteiger partial charge in [-0.1, -0.05) is 12.1 Å². The van der Waals surface area contributed by atoms with Gasteiger partial charge in [-0.3, -0.25) is 9.36 Å². The molecule has 1 atom stereocenters. The second-order valence-corrected chi connectivity index (χ2v) is 5.30. The molecule has 118 valence electrons. The van der Waals surface area contributed by atoms with Crippen molar-refractivity contribution in [3.63, 3.8) is 0 Å². The van der Waals surface area contributed by atoms with Crippen LogP contribution >= 0.6 is 0 Å². The van der Waals surface area contributed by atoms with Crippen molar-refractivity contribution in [3.8, 4) is 11.9 Å². The summed E-state index contributed by atoms with van der Waals surface area (Å²) in [6.45, 7) is 1.90. The fraction of sp³-hybridized carbons (Fsp3) is 0.111. The smallest absolute Gasteiger partial charge is 0.251 e. The van der Waals surface area contributed by atoms with Gasteiger partial charge in [0.15, 0.2) is 0 Å². The lowest BCUT2D eigenvalue weighted by Gasteiger charge is -2.14.